The number of hydrogen-bond donors (Lipinski definition) is 2. The number of carbonyl (C=O) groups is 2. The van der Waals surface area contributed by atoms with E-state index in [2.05, 4.69) is 5.32 Å². The van der Waals surface area contributed by atoms with Crippen LogP contribution in [0.5, 0.6) is 0 Å². The van der Waals surface area contributed by atoms with Crippen molar-refractivity contribution in [3.05, 3.63) is 39.7 Å². The zero-order chi connectivity index (χ0) is 17.8. The Hall–Kier alpha value is -2.71. The summed E-state index contributed by atoms with van der Waals surface area (Å²) in [7, 11) is 0. The lowest BCUT2D eigenvalue weighted by molar-refractivity contribution is -0.385. The molecule has 9 heteroatoms. The van der Waals surface area contributed by atoms with E-state index in [0.29, 0.717) is 0 Å². The fraction of sp³-hybridized carbons (Fsp3) is 0.429. The van der Waals surface area contributed by atoms with Crippen LogP contribution in [-0.4, -0.2) is 27.7 Å². The molecule has 0 saturated carbocycles. The number of ether oxygens (including phenoxy) is 1. The van der Waals surface area contributed by atoms with E-state index >= 15 is 0 Å². The highest BCUT2D eigenvalue weighted by atomic mass is 19.1. The van der Waals surface area contributed by atoms with Crippen LogP contribution in [-0.2, 0) is 9.53 Å². The van der Waals surface area contributed by atoms with Crippen LogP contribution in [0.25, 0.3) is 0 Å². The molecular weight excluding hydrogens is 311 g/mol. The van der Waals surface area contributed by atoms with Crippen molar-refractivity contribution in [2.45, 2.75) is 38.8 Å². The molecule has 1 aromatic rings. The van der Waals surface area contributed by atoms with Gasteiger partial charge < -0.3 is 15.2 Å². The van der Waals surface area contributed by atoms with Crippen molar-refractivity contribution in [3.63, 3.8) is 0 Å². The number of carboxylic acids is 1. The average Bonchev–Trinajstić information content (AvgIpc) is 2.34. The first-order valence-corrected chi connectivity index (χ1v) is 6.65. The van der Waals surface area contributed by atoms with Gasteiger partial charge in [0.05, 0.1) is 22.9 Å². The molecule has 0 aliphatic heterocycles. The van der Waals surface area contributed by atoms with Crippen LogP contribution in [0.15, 0.2) is 18.2 Å². The number of carbonyl (C=O) groups excluding carboxylic acids is 1. The Bertz CT molecular complexity index is 626. The first-order valence-electron chi connectivity index (χ1n) is 6.65. The van der Waals surface area contributed by atoms with Crippen molar-refractivity contribution >= 4 is 17.7 Å². The molecule has 0 saturated heterocycles. The van der Waals surface area contributed by atoms with E-state index in [0.717, 1.165) is 18.2 Å². The van der Waals surface area contributed by atoms with E-state index in [4.69, 9.17) is 9.84 Å². The first-order chi connectivity index (χ1) is 10.5. The first kappa shape index (κ1) is 18.3. The number of halogens is 1. The van der Waals surface area contributed by atoms with Crippen LogP contribution < -0.4 is 5.32 Å². The van der Waals surface area contributed by atoms with Crippen LogP contribution in [0.3, 0.4) is 0 Å². The maximum Gasteiger partial charge on any atom is 0.408 e. The van der Waals surface area contributed by atoms with Gasteiger partial charge in [-0.25, -0.2) is 9.18 Å². The van der Waals surface area contributed by atoms with Gasteiger partial charge in [0.25, 0.3) is 5.69 Å². The normalized spacial score (nSPS) is 12.3. The molecule has 0 aliphatic rings. The largest absolute Gasteiger partial charge is 0.481 e. The number of nitrogens with one attached hydrogen (secondary N) is 1. The maximum absolute atomic E-state index is 13.4. The topological polar surface area (TPSA) is 119 Å². The van der Waals surface area contributed by atoms with Gasteiger partial charge in [-0.1, -0.05) is 0 Å². The predicted octanol–water partition coefficient (Wildman–Crippen LogP) is 2.77. The summed E-state index contributed by atoms with van der Waals surface area (Å²) in [6.45, 7) is 4.80. The zero-order valence-electron chi connectivity index (χ0n) is 12.8. The fourth-order valence-corrected chi connectivity index (χ4v) is 1.83. The Balaban J connectivity index is 3.17. The monoisotopic (exact) mass is 328 g/mol. The highest BCUT2D eigenvalue weighted by molar-refractivity contribution is 5.72. The van der Waals surface area contributed by atoms with Gasteiger partial charge in [-0.2, -0.15) is 0 Å². The lowest BCUT2D eigenvalue weighted by Gasteiger charge is -2.23. The summed E-state index contributed by atoms with van der Waals surface area (Å²) in [4.78, 5) is 33.0. The molecule has 1 amide bonds. The number of nitro groups is 1. The highest BCUT2D eigenvalue weighted by Crippen LogP contribution is 2.28. The SMILES string of the molecule is CC(C)(C)OC(=O)N[C@H](CC(=O)O)c1cc(F)ccc1[N+](=O)[O-]. The van der Waals surface area contributed by atoms with Crippen molar-refractivity contribution in [2.75, 3.05) is 0 Å². The minimum atomic E-state index is -1.32. The lowest BCUT2D eigenvalue weighted by atomic mass is 10.0. The molecule has 1 aromatic carbocycles. The van der Waals surface area contributed by atoms with Crippen LogP contribution >= 0.6 is 0 Å². The molecule has 126 valence electrons. The molecular formula is C14H17FN2O6. The number of nitrogens with zero attached hydrogens (tertiary/aromatic N) is 1. The van der Waals surface area contributed by atoms with Crippen molar-refractivity contribution in [2.24, 2.45) is 0 Å². The summed E-state index contributed by atoms with van der Waals surface area (Å²) in [6, 6.07) is 1.31. The molecule has 0 heterocycles. The van der Waals surface area contributed by atoms with Gasteiger partial charge in [0.2, 0.25) is 0 Å². The molecule has 0 radical (unpaired) electrons. The minimum Gasteiger partial charge on any atom is -0.481 e. The molecule has 1 rings (SSSR count). The third kappa shape index (κ3) is 5.89. The van der Waals surface area contributed by atoms with Gasteiger partial charge in [0.15, 0.2) is 0 Å². The summed E-state index contributed by atoms with van der Waals surface area (Å²) in [5.41, 5.74) is -1.58. The van der Waals surface area contributed by atoms with E-state index < -0.39 is 46.6 Å². The molecule has 8 nitrogen and oxygen atoms in total. The van der Waals surface area contributed by atoms with Gasteiger partial charge >= 0.3 is 12.1 Å². The van der Waals surface area contributed by atoms with Gasteiger partial charge in [-0.3, -0.25) is 14.9 Å². The number of rotatable bonds is 5. The summed E-state index contributed by atoms with van der Waals surface area (Å²) in [6.07, 6.45) is -1.62. The Morgan fingerprint density at radius 2 is 2.04 bits per heavy atom. The van der Waals surface area contributed by atoms with Gasteiger partial charge in [0.1, 0.15) is 11.4 Å². The average molecular weight is 328 g/mol. The van der Waals surface area contributed by atoms with Gasteiger partial charge in [0, 0.05) is 6.07 Å². The van der Waals surface area contributed by atoms with Crippen molar-refractivity contribution in [1.29, 1.82) is 0 Å². The van der Waals surface area contributed by atoms with E-state index in [9.17, 15) is 24.1 Å². The number of amides is 1. The molecule has 0 spiro atoms. The number of carboxylic acid groups (broad SMARTS) is 1. The van der Waals surface area contributed by atoms with Crippen LogP contribution in [0.1, 0.15) is 38.8 Å². The Morgan fingerprint density at radius 1 is 1.43 bits per heavy atom. The summed E-state index contributed by atoms with van der Waals surface area (Å²) in [5.74, 6) is -2.10. The van der Waals surface area contributed by atoms with Gasteiger partial charge in [-0.15, -0.1) is 0 Å². The van der Waals surface area contributed by atoms with E-state index in [1.807, 2.05) is 0 Å². The van der Waals surface area contributed by atoms with E-state index in [1.165, 1.54) is 0 Å². The number of benzene rings is 1. The quantitative estimate of drug-likeness (QED) is 0.633. The molecule has 1 atom stereocenters. The van der Waals surface area contributed by atoms with Crippen LogP contribution in [0.2, 0.25) is 0 Å². The number of alkyl carbamates (subject to hydrolysis) is 1. The minimum absolute atomic E-state index is 0.247. The Labute approximate surface area is 131 Å². The fourth-order valence-electron chi connectivity index (χ4n) is 1.83. The molecule has 0 bridgehead atoms. The predicted molar refractivity (Wildman–Crippen MR) is 77.4 cm³/mol. The number of hydrogen-bond acceptors (Lipinski definition) is 5. The third-order valence-electron chi connectivity index (χ3n) is 2.63. The molecule has 0 aromatic heterocycles. The lowest BCUT2D eigenvalue weighted by Crippen LogP contribution is -2.36. The Kier molecular flexibility index (Phi) is 5.61. The molecule has 0 fully saturated rings. The summed E-state index contributed by atoms with van der Waals surface area (Å²) >= 11 is 0. The van der Waals surface area contributed by atoms with Crippen LogP contribution in [0, 0.1) is 15.9 Å². The van der Waals surface area contributed by atoms with Crippen molar-refractivity contribution < 1.29 is 28.7 Å². The molecule has 23 heavy (non-hydrogen) atoms. The third-order valence-corrected chi connectivity index (χ3v) is 2.63. The second-order valence-electron chi connectivity index (χ2n) is 5.76. The molecule has 0 aliphatic carbocycles. The molecule has 2 N–H and O–H groups in total. The maximum atomic E-state index is 13.4. The van der Waals surface area contributed by atoms with Crippen molar-refractivity contribution in [1.82, 2.24) is 5.32 Å². The van der Waals surface area contributed by atoms with E-state index in [1.54, 1.807) is 20.8 Å². The highest BCUT2D eigenvalue weighted by Gasteiger charge is 2.28. The summed E-state index contributed by atoms with van der Waals surface area (Å²) < 4.78 is 18.4. The van der Waals surface area contributed by atoms with Crippen LogP contribution in [0.4, 0.5) is 14.9 Å². The Morgan fingerprint density at radius 3 is 2.52 bits per heavy atom. The van der Waals surface area contributed by atoms with Gasteiger partial charge in [-0.05, 0) is 32.9 Å². The van der Waals surface area contributed by atoms with Crippen molar-refractivity contribution in [3.8, 4) is 0 Å². The van der Waals surface area contributed by atoms with E-state index in [-0.39, 0.29) is 5.56 Å². The zero-order valence-corrected chi connectivity index (χ0v) is 12.8. The second kappa shape index (κ2) is 7.03. The number of aliphatic carboxylic acids is 1. The second-order valence-corrected chi connectivity index (χ2v) is 5.76. The summed E-state index contributed by atoms with van der Waals surface area (Å²) in [5, 5.41) is 22.2. The molecule has 0 unspecified atom stereocenters. The smallest absolute Gasteiger partial charge is 0.408 e. The number of nitro benzene ring substituents is 1. The standard InChI is InChI=1S/C14H17FN2O6/c1-14(2,3)23-13(20)16-10(7-12(18)19)9-6-8(15)4-5-11(9)17(21)22/h4-6,10H,7H2,1-3H3,(H,16,20)(H,18,19)/t10-/m1/s1.